The maximum Gasteiger partial charge on any atom is 0.293 e. The zero-order valence-electron chi connectivity index (χ0n) is 35.8. The summed E-state index contributed by atoms with van der Waals surface area (Å²) in [5, 5.41) is 15.9. The molecule has 10 rings (SSSR count). The number of pyridine rings is 1. The van der Waals surface area contributed by atoms with Crippen molar-refractivity contribution in [3.63, 3.8) is 0 Å². The van der Waals surface area contributed by atoms with E-state index in [1.54, 1.807) is 24.4 Å². The molecule has 3 saturated carbocycles. The lowest BCUT2D eigenvalue weighted by atomic mass is 9.32. The molecule has 0 radical (unpaired) electrons. The third kappa shape index (κ3) is 8.61. The number of rotatable bonds is 14. The maximum absolute atomic E-state index is 13.9. The van der Waals surface area contributed by atoms with E-state index in [2.05, 4.69) is 48.6 Å². The number of halogens is 2. The Labute approximate surface area is 365 Å². The summed E-state index contributed by atoms with van der Waals surface area (Å²) >= 11 is 0. The Balaban J connectivity index is 0.915. The van der Waals surface area contributed by atoms with Gasteiger partial charge in [0.15, 0.2) is 0 Å². The number of carbonyl (C=O) groups is 1. The molecule has 2 aromatic heterocycles. The number of sulfonamides is 1. The molecule has 4 aliphatic carbocycles. The molecule has 0 spiro atoms. The predicted octanol–water partition coefficient (Wildman–Crippen LogP) is 7.19. The maximum atomic E-state index is 13.9. The Bertz CT molecular complexity index is 2550. The first-order chi connectivity index (χ1) is 30.0. The number of carbonyl (C=O) groups excluding carboxylic acids is 1. The lowest BCUT2D eigenvalue weighted by Crippen LogP contribution is -2.66. The third-order valence-electron chi connectivity index (χ3n) is 13.9. The summed E-state index contributed by atoms with van der Waals surface area (Å²) < 4.78 is 69.1. The highest BCUT2D eigenvalue weighted by atomic mass is 32.2. The number of hydrogen-bond acceptors (Lipinski definition) is 12. The van der Waals surface area contributed by atoms with Crippen LogP contribution in [0.15, 0.2) is 77.0 Å². The van der Waals surface area contributed by atoms with Crippen LogP contribution in [0.25, 0.3) is 11.0 Å². The summed E-state index contributed by atoms with van der Waals surface area (Å²) in [5.41, 5.74) is 3.23. The van der Waals surface area contributed by atoms with Crippen LogP contribution in [-0.4, -0.2) is 118 Å². The smallest absolute Gasteiger partial charge is 0.293 e. The number of fused-ring (bicyclic) bond motifs is 1. The first-order valence-electron chi connectivity index (χ1n) is 21.6. The molecular formula is C45H54F2N8O7S. The molecule has 2 aliphatic heterocycles. The van der Waals surface area contributed by atoms with Crippen LogP contribution in [0.3, 0.4) is 0 Å². The second kappa shape index (κ2) is 16.4. The molecule has 2 saturated heterocycles. The van der Waals surface area contributed by atoms with Crippen LogP contribution < -0.4 is 19.7 Å². The molecule has 18 heteroatoms. The highest BCUT2D eigenvalue weighted by Crippen LogP contribution is 2.79. The van der Waals surface area contributed by atoms with E-state index in [1.807, 2.05) is 13.1 Å². The van der Waals surface area contributed by atoms with E-state index >= 15 is 0 Å². The molecule has 336 valence electrons. The molecular weight excluding hydrogens is 835 g/mol. The fourth-order valence-corrected chi connectivity index (χ4v) is 11.4. The van der Waals surface area contributed by atoms with Gasteiger partial charge in [-0.2, -0.15) is 0 Å². The van der Waals surface area contributed by atoms with Crippen LogP contribution in [0.4, 0.5) is 25.8 Å². The molecule has 6 aliphatic rings. The number of nitrogens with zero attached hydrogens (tertiary/aromatic N) is 5. The summed E-state index contributed by atoms with van der Waals surface area (Å²) in [7, 11) is -2.64. The van der Waals surface area contributed by atoms with Crippen LogP contribution in [0.5, 0.6) is 11.5 Å². The highest BCUT2D eigenvalue weighted by Gasteiger charge is 2.73. The van der Waals surface area contributed by atoms with Crippen LogP contribution in [0.2, 0.25) is 0 Å². The van der Waals surface area contributed by atoms with Crippen molar-refractivity contribution in [2.75, 3.05) is 76.2 Å². The molecule has 63 heavy (non-hydrogen) atoms. The second-order valence-electron chi connectivity index (χ2n) is 19.0. The minimum atomic E-state index is -4.59. The van der Waals surface area contributed by atoms with Gasteiger partial charge in [0.25, 0.3) is 21.6 Å². The van der Waals surface area contributed by atoms with E-state index < -0.39 is 43.3 Å². The van der Waals surface area contributed by atoms with Gasteiger partial charge >= 0.3 is 0 Å². The van der Waals surface area contributed by atoms with Crippen molar-refractivity contribution in [1.82, 2.24) is 24.5 Å². The average Bonchev–Trinajstić information content (AvgIpc) is 3.68. The first-order valence-corrected chi connectivity index (χ1v) is 23.1. The molecule has 2 bridgehead atoms. The monoisotopic (exact) mass is 888 g/mol. The van der Waals surface area contributed by atoms with Crippen LogP contribution in [0.1, 0.15) is 62.7 Å². The summed E-state index contributed by atoms with van der Waals surface area (Å²) in [6, 6.07) is 12.0. The van der Waals surface area contributed by atoms with E-state index in [9.17, 15) is 32.1 Å². The number of morpholine rings is 1. The van der Waals surface area contributed by atoms with Gasteiger partial charge in [0.05, 0.1) is 34.3 Å². The molecule has 4 aromatic rings. The van der Waals surface area contributed by atoms with E-state index in [1.165, 1.54) is 35.5 Å². The Morgan fingerprint density at radius 3 is 2.59 bits per heavy atom. The molecule has 1 atom stereocenters. The van der Waals surface area contributed by atoms with Gasteiger partial charge in [-0.05, 0) is 92.8 Å². The number of hydrogen-bond donors (Lipinski definition) is 3. The number of anilines is 2. The number of allylic oxidation sites excluding steroid dienone is 1. The van der Waals surface area contributed by atoms with Crippen molar-refractivity contribution >= 4 is 44.0 Å². The molecule has 1 amide bonds. The lowest BCUT2D eigenvalue weighted by molar-refractivity contribution is -0.384. The normalized spacial score (nSPS) is 25.1. The minimum Gasteiger partial charge on any atom is -0.455 e. The number of benzene rings is 2. The molecule has 15 nitrogen and oxygen atoms in total. The van der Waals surface area contributed by atoms with Gasteiger partial charge in [0.2, 0.25) is 6.43 Å². The van der Waals surface area contributed by atoms with Crippen molar-refractivity contribution in [3.8, 4) is 11.5 Å². The van der Waals surface area contributed by atoms with Gasteiger partial charge in [-0.1, -0.05) is 25.0 Å². The number of amides is 1. The van der Waals surface area contributed by atoms with Crippen LogP contribution in [-0.2, 0) is 14.8 Å². The van der Waals surface area contributed by atoms with E-state index in [4.69, 9.17) is 9.47 Å². The highest BCUT2D eigenvalue weighted by molar-refractivity contribution is 7.90. The Morgan fingerprint density at radius 1 is 1.08 bits per heavy atom. The van der Waals surface area contributed by atoms with Crippen molar-refractivity contribution < 1.29 is 36.4 Å². The number of alkyl halides is 2. The SMILES string of the molecule is CN1CCOC(CNc2ccc(S(=O)(=O)NC(=O)c3ccc(N4CCN(CC5=C(C67CC(C(F)F)(C6)C7)CC(C)(C)CC5)CC4)cc3Oc3cnc4[nH]ccc4c3)cc2[N+](=O)[O-])C1. The number of aromatic nitrogens is 2. The minimum absolute atomic E-state index is 0.0435. The average molecular weight is 889 g/mol. The van der Waals surface area contributed by atoms with E-state index in [0.717, 1.165) is 62.6 Å². The Morgan fingerprint density at radius 2 is 1.86 bits per heavy atom. The van der Waals surface area contributed by atoms with Gasteiger partial charge in [-0.3, -0.25) is 19.8 Å². The van der Waals surface area contributed by atoms with Crippen LogP contribution in [0, 0.1) is 26.4 Å². The number of aromatic amines is 1. The summed E-state index contributed by atoms with van der Waals surface area (Å²) in [5.74, 6) is -0.559. The largest absolute Gasteiger partial charge is 0.455 e. The van der Waals surface area contributed by atoms with E-state index in [0.29, 0.717) is 56.9 Å². The number of likely N-dealkylation sites (N-methyl/N-ethyl adjacent to an activating group) is 1. The number of piperazine rings is 1. The third-order valence-corrected chi connectivity index (χ3v) is 15.2. The standard InChI is InChI=1S/C45H54F2N8O7S/c1-43(2)10-8-30(36(21-43)44-26-45(27-44,28-44)42(46)47)24-53-12-14-54(15-13-53)31-4-6-35(39(19-31)62-32-18-29-9-11-48-40(29)50-22-32)41(56)51-63(59,60)34-5-7-37(38(20-34)55(57)58)49-23-33-25-52(3)16-17-61-33/h4-7,9,11,18-20,22,33,42,49H,8,10,12-17,21,23-28H2,1-3H3,(H,48,50)(H,51,56). The zero-order valence-corrected chi connectivity index (χ0v) is 36.6. The lowest BCUT2D eigenvalue weighted by Gasteiger charge is -2.72. The summed E-state index contributed by atoms with van der Waals surface area (Å²) in [4.78, 5) is 39.1. The van der Waals surface area contributed by atoms with Crippen molar-refractivity contribution in [1.29, 1.82) is 0 Å². The van der Waals surface area contributed by atoms with Gasteiger partial charge in [-0.25, -0.2) is 26.9 Å². The Hall–Kier alpha value is -5.17. The number of nitro benzene ring substituents is 1. The topological polar surface area (TPSA) is 175 Å². The number of nitro groups is 1. The first kappa shape index (κ1) is 43.1. The number of ether oxygens (including phenoxy) is 2. The van der Waals surface area contributed by atoms with Crippen molar-refractivity contribution in [2.45, 2.75) is 69.8 Å². The van der Waals surface area contributed by atoms with E-state index in [-0.39, 0.29) is 40.5 Å². The molecule has 3 N–H and O–H groups in total. The van der Waals surface area contributed by atoms with Crippen LogP contribution >= 0.6 is 0 Å². The quantitative estimate of drug-likeness (QED) is 0.0662. The van der Waals surface area contributed by atoms with Gasteiger partial charge in [0.1, 0.15) is 22.8 Å². The second-order valence-corrected chi connectivity index (χ2v) is 20.7. The fraction of sp³-hybridized carbons (Fsp3) is 0.511. The summed E-state index contributed by atoms with van der Waals surface area (Å²) in [6.45, 7) is 10.5. The molecule has 5 fully saturated rings. The van der Waals surface area contributed by atoms with Crippen molar-refractivity contribution in [3.05, 3.63) is 87.7 Å². The number of H-pyrrole nitrogens is 1. The fourth-order valence-electron chi connectivity index (χ4n) is 10.4. The van der Waals surface area contributed by atoms with Gasteiger partial charge in [-0.15, -0.1) is 0 Å². The summed E-state index contributed by atoms with van der Waals surface area (Å²) in [6.07, 6.45) is 5.67. The predicted molar refractivity (Wildman–Crippen MR) is 234 cm³/mol. The van der Waals surface area contributed by atoms with Gasteiger partial charge in [0, 0.05) is 87.2 Å². The molecule has 2 aromatic carbocycles. The zero-order chi connectivity index (χ0) is 44.3. The number of nitrogens with one attached hydrogen (secondary N) is 3. The molecule has 1 unspecified atom stereocenters. The van der Waals surface area contributed by atoms with Gasteiger partial charge < -0.3 is 29.6 Å². The molecule has 4 heterocycles. The van der Waals surface area contributed by atoms with Crippen molar-refractivity contribution in [2.24, 2.45) is 16.2 Å². The Kier molecular flexibility index (Phi) is 11.2.